The second kappa shape index (κ2) is 4.67. The summed E-state index contributed by atoms with van der Waals surface area (Å²) in [5.41, 5.74) is -0.487. The summed E-state index contributed by atoms with van der Waals surface area (Å²) < 4.78 is 0. The zero-order valence-electron chi connectivity index (χ0n) is 10.9. The molecule has 0 radical (unpaired) electrons. The molecular formula is C13H22N2O2. The third-order valence-corrected chi connectivity index (χ3v) is 4.07. The lowest BCUT2D eigenvalue weighted by molar-refractivity contribution is -0.154. The number of nitrogens with zero attached hydrogens (tertiary/aromatic N) is 2. The number of piperidine rings is 1. The van der Waals surface area contributed by atoms with Crippen molar-refractivity contribution in [2.24, 2.45) is 0 Å². The summed E-state index contributed by atoms with van der Waals surface area (Å²) in [6.07, 6.45) is 4.68. The van der Waals surface area contributed by atoms with Crippen LogP contribution in [-0.4, -0.2) is 46.8 Å². The van der Waals surface area contributed by atoms with Crippen LogP contribution in [0.5, 0.6) is 0 Å². The minimum Gasteiger partial charge on any atom is -0.341 e. The molecule has 17 heavy (non-hydrogen) atoms. The molecule has 2 heterocycles. The maximum atomic E-state index is 12.6. The topological polar surface area (TPSA) is 40.6 Å². The molecule has 2 rings (SSSR count). The van der Waals surface area contributed by atoms with Gasteiger partial charge in [-0.15, -0.1) is 0 Å². The van der Waals surface area contributed by atoms with Gasteiger partial charge in [0.1, 0.15) is 5.54 Å². The average Bonchev–Trinajstić information content (AvgIpc) is 2.70. The van der Waals surface area contributed by atoms with Gasteiger partial charge in [0, 0.05) is 26.6 Å². The van der Waals surface area contributed by atoms with Gasteiger partial charge in [-0.3, -0.25) is 9.59 Å². The van der Waals surface area contributed by atoms with Crippen molar-refractivity contribution >= 4 is 11.8 Å². The smallest absolute Gasteiger partial charge is 0.248 e. The third-order valence-electron chi connectivity index (χ3n) is 4.07. The van der Waals surface area contributed by atoms with Crippen molar-refractivity contribution in [1.82, 2.24) is 9.80 Å². The second-order valence-electron chi connectivity index (χ2n) is 5.20. The maximum Gasteiger partial charge on any atom is 0.248 e. The van der Waals surface area contributed by atoms with Crippen molar-refractivity contribution in [1.29, 1.82) is 0 Å². The molecule has 0 N–H and O–H groups in total. The first-order valence-corrected chi connectivity index (χ1v) is 6.69. The summed E-state index contributed by atoms with van der Waals surface area (Å²) >= 11 is 0. The molecule has 0 aromatic rings. The lowest BCUT2D eigenvalue weighted by Crippen LogP contribution is -2.61. The van der Waals surface area contributed by atoms with E-state index in [9.17, 15) is 9.59 Å². The van der Waals surface area contributed by atoms with Crippen molar-refractivity contribution < 1.29 is 9.59 Å². The lowest BCUT2D eigenvalue weighted by Gasteiger charge is -2.44. The maximum absolute atomic E-state index is 12.6. The van der Waals surface area contributed by atoms with E-state index in [1.165, 1.54) is 0 Å². The Labute approximate surface area is 103 Å². The third kappa shape index (κ3) is 1.94. The van der Waals surface area contributed by atoms with Crippen molar-refractivity contribution in [2.45, 2.75) is 51.5 Å². The zero-order valence-corrected chi connectivity index (χ0v) is 10.9. The van der Waals surface area contributed by atoms with Crippen LogP contribution in [0.2, 0.25) is 0 Å². The standard InChI is InChI=1S/C13H22N2O2/c1-3-8-14-9-4-6-13(12(14)17)7-5-10-15(13)11(2)16/h3-10H2,1-2H3. The Bertz CT molecular complexity index is 327. The van der Waals surface area contributed by atoms with E-state index < -0.39 is 5.54 Å². The molecule has 2 aliphatic rings. The summed E-state index contributed by atoms with van der Waals surface area (Å²) in [6, 6.07) is 0. The molecule has 1 atom stereocenters. The number of carbonyl (C=O) groups excluding carboxylic acids is 2. The minimum absolute atomic E-state index is 0.0502. The molecule has 4 nitrogen and oxygen atoms in total. The van der Waals surface area contributed by atoms with Crippen LogP contribution in [0.3, 0.4) is 0 Å². The Morgan fingerprint density at radius 3 is 2.53 bits per heavy atom. The van der Waals surface area contributed by atoms with Gasteiger partial charge >= 0.3 is 0 Å². The molecule has 0 bridgehead atoms. The van der Waals surface area contributed by atoms with Crippen LogP contribution >= 0.6 is 0 Å². The summed E-state index contributed by atoms with van der Waals surface area (Å²) in [7, 11) is 0. The number of hydrogen-bond acceptors (Lipinski definition) is 2. The average molecular weight is 238 g/mol. The van der Waals surface area contributed by atoms with Gasteiger partial charge in [-0.1, -0.05) is 6.92 Å². The summed E-state index contributed by atoms with van der Waals surface area (Å²) in [5, 5.41) is 0. The van der Waals surface area contributed by atoms with E-state index >= 15 is 0 Å². The highest BCUT2D eigenvalue weighted by Gasteiger charge is 2.51. The Hall–Kier alpha value is -1.06. The van der Waals surface area contributed by atoms with Crippen molar-refractivity contribution in [2.75, 3.05) is 19.6 Å². The molecule has 1 spiro atoms. The van der Waals surface area contributed by atoms with Gasteiger partial charge in [-0.05, 0) is 32.1 Å². The number of hydrogen-bond donors (Lipinski definition) is 0. The van der Waals surface area contributed by atoms with Gasteiger partial charge in [-0.2, -0.15) is 0 Å². The van der Waals surface area contributed by atoms with Crippen LogP contribution in [0.4, 0.5) is 0 Å². The fraction of sp³-hybridized carbons (Fsp3) is 0.846. The molecule has 96 valence electrons. The predicted octanol–water partition coefficient (Wildman–Crippen LogP) is 1.40. The molecule has 2 saturated heterocycles. The van der Waals surface area contributed by atoms with Crippen LogP contribution in [-0.2, 0) is 9.59 Å². The molecule has 0 aliphatic carbocycles. The van der Waals surface area contributed by atoms with E-state index in [0.717, 1.165) is 51.7 Å². The fourth-order valence-corrected chi connectivity index (χ4v) is 3.37. The largest absolute Gasteiger partial charge is 0.341 e. The predicted molar refractivity (Wildman–Crippen MR) is 65.5 cm³/mol. The molecule has 2 amide bonds. The van der Waals surface area contributed by atoms with Gasteiger partial charge in [0.2, 0.25) is 11.8 Å². The van der Waals surface area contributed by atoms with Gasteiger partial charge in [-0.25, -0.2) is 0 Å². The first kappa shape index (κ1) is 12.4. The van der Waals surface area contributed by atoms with Crippen LogP contribution in [0, 0.1) is 0 Å². The van der Waals surface area contributed by atoms with Gasteiger partial charge < -0.3 is 9.80 Å². The Balaban J connectivity index is 2.23. The molecule has 0 saturated carbocycles. The van der Waals surface area contributed by atoms with E-state index in [0.29, 0.717) is 0 Å². The van der Waals surface area contributed by atoms with E-state index in [4.69, 9.17) is 0 Å². The first-order valence-electron chi connectivity index (χ1n) is 6.69. The number of amides is 2. The quantitative estimate of drug-likeness (QED) is 0.729. The van der Waals surface area contributed by atoms with E-state index in [1.807, 2.05) is 9.80 Å². The van der Waals surface area contributed by atoms with E-state index in [1.54, 1.807) is 6.92 Å². The highest BCUT2D eigenvalue weighted by molar-refractivity contribution is 5.92. The molecular weight excluding hydrogens is 216 g/mol. The molecule has 0 aromatic heterocycles. The fourth-order valence-electron chi connectivity index (χ4n) is 3.37. The normalized spacial score (nSPS) is 29.2. The Morgan fingerprint density at radius 1 is 1.29 bits per heavy atom. The molecule has 2 aliphatic heterocycles. The number of rotatable bonds is 2. The van der Waals surface area contributed by atoms with E-state index in [-0.39, 0.29) is 11.8 Å². The second-order valence-corrected chi connectivity index (χ2v) is 5.20. The van der Waals surface area contributed by atoms with Crippen LogP contribution in [0.25, 0.3) is 0 Å². The van der Waals surface area contributed by atoms with Crippen molar-refractivity contribution in [3.05, 3.63) is 0 Å². The highest BCUT2D eigenvalue weighted by atomic mass is 16.2. The molecule has 1 unspecified atom stereocenters. The van der Waals surface area contributed by atoms with Gasteiger partial charge in [0.05, 0.1) is 0 Å². The SMILES string of the molecule is CCCN1CCCC2(CCCN2C(C)=O)C1=O. The van der Waals surface area contributed by atoms with Gasteiger partial charge in [0.25, 0.3) is 0 Å². The van der Waals surface area contributed by atoms with Gasteiger partial charge in [0.15, 0.2) is 0 Å². The molecule has 2 fully saturated rings. The zero-order chi connectivity index (χ0) is 12.5. The molecule has 0 aromatic carbocycles. The minimum atomic E-state index is -0.487. The summed E-state index contributed by atoms with van der Waals surface area (Å²) in [4.78, 5) is 28.0. The number of likely N-dealkylation sites (tertiary alicyclic amines) is 2. The number of carbonyl (C=O) groups is 2. The highest BCUT2D eigenvalue weighted by Crippen LogP contribution is 2.38. The van der Waals surface area contributed by atoms with Crippen molar-refractivity contribution in [3.8, 4) is 0 Å². The summed E-state index contributed by atoms with van der Waals surface area (Å²) in [5.74, 6) is 0.243. The lowest BCUT2D eigenvalue weighted by atomic mass is 9.85. The van der Waals surface area contributed by atoms with E-state index in [2.05, 4.69) is 6.92 Å². The Kier molecular flexibility index (Phi) is 3.40. The van der Waals surface area contributed by atoms with Crippen LogP contribution in [0.15, 0.2) is 0 Å². The Morgan fingerprint density at radius 2 is 1.94 bits per heavy atom. The first-order chi connectivity index (χ1) is 8.12. The van der Waals surface area contributed by atoms with Crippen molar-refractivity contribution in [3.63, 3.8) is 0 Å². The van der Waals surface area contributed by atoms with Crippen LogP contribution < -0.4 is 0 Å². The summed E-state index contributed by atoms with van der Waals surface area (Å²) in [6.45, 7) is 6.11. The monoisotopic (exact) mass is 238 g/mol. The van der Waals surface area contributed by atoms with Crippen LogP contribution in [0.1, 0.15) is 46.0 Å². The molecule has 4 heteroatoms.